The van der Waals surface area contributed by atoms with Crippen molar-refractivity contribution in [3.8, 4) is 22.5 Å². The molecule has 0 aromatic heterocycles. The number of benzene rings is 3. The summed E-state index contributed by atoms with van der Waals surface area (Å²) in [5, 5.41) is 17.3. The molecular formula is C20H12Cl2N2O7S2. The maximum absolute atomic E-state index is 12.3. The van der Waals surface area contributed by atoms with Crippen LogP contribution in [0, 0.1) is 5.41 Å². The number of halogens is 2. The predicted octanol–water partition coefficient (Wildman–Crippen LogP) is 3.82. The minimum Gasteiger partial charge on any atom is -0.478 e. The van der Waals surface area contributed by atoms with E-state index < -0.39 is 50.6 Å². The van der Waals surface area contributed by atoms with Crippen LogP contribution in [0.3, 0.4) is 0 Å². The van der Waals surface area contributed by atoms with E-state index in [4.69, 9.17) is 36.9 Å². The second-order valence-electron chi connectivity index (χ2n) is 6.88. The Kier molecular flexibility index (Phi) is 5.40. The summed E-state index contributed by atoms with van der Waals surface area (Å²) in [7, 11) is 2.10. The van der Waals surface area contributed by atoms with Crippen molar-refractivity contribution in [2.75, 3.05) is 5.73 Å². The molecule has 0 atom stereocenters. The third kappa shape index (κ3) is 3.82. The van der Waals surface area contributed by atoms with E-state index in [2.05, 4.69) is 0 Å². The van der Waals surface area contributed by atoms with Crippen molar-refractivity contribution in [3.05, 3.63) is 59.5 Å². The average molecular weight is 527 g/mol. The lowest BCUT2D eigenvalue weighted by Crippen LogP contribution is -2.14. The van der Waals surface area contributed by atoms with Crippen molar-refractivity contribution in [2.24, 2.45) is 0 Å². The van der Waals surface area contributed by atoms with Crippen LogP contribution in [0.2, 0.25) is 0 Å². The first-order chi connectivity index (χ1) is 15.3. The number of nitrogens with one attached hydrogen (secondary N) is 1. The molecular weight excluding hydrogens is 515 g/mol. The Labute approximate surface area is 195 Å². The first kappa shape index (κ1) is 23.1. The van der Waals surface area contributed by atoms with Crippen LogP contribution in [0.5, 0.6) is 0 Å². The van der Waals surface area contributed by atoms with E-state index in [0.29, 0.717) is 0 Å². The number of aromatic carboxylic acids is 1. The van der Waals surface area contributed by atoms with Gasteiger partial charge in [0.15, 0.2) is 16.2 Å². The van der Waals surface area contributed by atoms with Gasteiger partial charge in [-0.3, -0.25) is 5.41 Å². The Morgan fingerprint density at radius 1 is 0.909 bits per heavy atom. The molecule has 0 bridgehead atoms. The maximum Gasteiger partial charge on any atom is 0.336 e. The monoisotopic (exact) mass is 526 g/mol. The Hall–Kier alpha value is -3.12. The third-order valence-electron chi connectivity index (χ3n) is 4.91. The average Bonchev–Trinajstić information content (AvgIpc) is 2.69. The molecule has 2 aromatic rings. The minimum atomic E-state index is -4.55. The highest BCUT2D eigenvalue weighted by atomic mass is 35.7. The number of anilines is 1. The van der Waals surface area contributed by atoms with Gasteiger partial charge in [0.1, 0.15) is 4.90 Å². The Morgan fingerprint density at radius 2 is 1.55 bits per heavy atom. The number of carbonyl (C=O) groups is 1. The molecule has 9 nitrogen and oxygen atoms in total. The Morgan fingerprint density at radius 3 is 2.15 bits per heavy atom. The topological polar surface area (TPSA) is 169 Å². The lowest BCUT2D eigenvalue weighted by molar-refractivity contribution is 0.0697. The molecule has 0 spiro atoms. The van der Waals surface area contributed by atoms with E-state index in [1.165, 1.54) is 36.4 Å². The van der Waals surface area contributed by atoms with Crippen molar-refractivity contribution in [1.82, 2.24) is 0 Å². The van der Waals surface area contributed by atoms with Crippen molar-refractivity contribution in [1.29, 1.82) is 5.41 Å². The van der Waals surface area contributed by atoms with Gasteiger partial charge < -0.3 is 15.3 Å². The first-order valence-electron chi connectivity index (χ1n) is 8.91. The quantitative estimate of drug-likeness (QED) is 0.204. The van der Waals surface area contributed by atoms with Crippen LogP contribution in [0.4, 0.5) is 5.69 Å². The molecule has 2 aromatic carbocycles. The van der Waals surface area contributed by atoms with Gasteiger partial charge in [0.2, 0.25) is 0 Å². The molecule has 4 N–H and O–H groups in total. The van der Waals surface area contributed by atoms with Crippen molar-refractivity contribution in [3.63, 3.8) is 0 Å². The van der Waals surface area contributed by atoms with Gasteiger partial charge in [0.25, 0.3) is 18.1 Å². The van der Waals surface area contributed by atoms with Gasteiger partial charge in [-0.05, 0) is 35.9 Å². The second-order valence-corrected chi connectivity index (χ2v) is 11.9. The van der Waals surface area contributed by atoms with E-state index >= 15 is 0 Å². The van der Waals surface area contributed by atoms with E-state index in [1.807, 2.05) is 0 Å². The fourth-order valence-corrected chi connectivity index (χ4v) is 6.02. The summed E-state index contributed by atoms with van der Waals surface area (Å²) in [5.41, 5.74) is 5.33. The van der Waals surface area contributed by atoms with Gasteiger partial charge in [-0.25, -0.2) is 21.6 Å². The highest BCUT2D eigenvalue weighted by Gasteiger charge is 2.31. The van der Waals surface area contributed by atoms with Gasteiger partial charge >= 0.3 is 5.97 Å². The normalized spacial score (nSPS) is 12.3. The lowest BCUT2D eigenvalue weighted by Gasteiger charge is -2.19. The number of nitrogen functional groups attached to an aromatic ring is 1. The zero-order valence-corrected chi connectivity index (χ0v) is 19.3. The van der Waals surface area contributed by atoms with Crippen LogP contribution in [0.25, 0.3) is 33.4 Å². The molecule has 13 heteroatoms. The molecule has 4 rings (SSSR count). The number of rotatable bonds is 4. The molecule has 0 fully saturated rings. The van der Waals surface area contributed by atoms with Gasteiger partial charge in [-0.15, -0.1) is 0 Å². The maximum atomic E-state index is 12.3. The number of carboxylic acids is 1. The van der Waals surface area contributed by atoms with Crippen LogP contribution in [-0.4, -0.2) is 27.9 Å². The summed E-state index contributed by atoms with van der Waals surface area (Å²) in [4.78, 5) is 10.6. The molecule has 0 radical (unpaired) electrons. The SMILES string of the molecule is N=c1ccc2c(-c3ccccc3C(=O)O)c3ccc(N)c(S(=O)(=O)Cl)c3oc-2c1S(=O)(=O)Cl. The highest BCUT2D eigenvalue weighted by Crippen LogP contribution is 2.46. The van der Waals surface area contributed by atoms with E-state index in [0.717, 1.165) is 6.07 Å². The van der Waals surface area contributed by atoms with Crippen LogP contribution in [0.15, 0.2) is 62.7 Å². The molecule has 33 heavy (non-hydrogen) atoms. The number of fused-ring (bicyclic) bond motifs is 2. The Balaban J connectivity index is 2.40. The molecule has 0 saturated heterocycles. The number of nitrogens with two attached hydrogens (primary N) is 1. The molecule has 170 valence electrons. The summed E-state index contributed by atoms with van der Waals surface area (Å²) in [6, 6.07) is 11.0. The van der Waals surface area contributed by atoms with Crippen molar-refractivity contribution in [2.45, 2.75) is 9.79 Å². The van der Waals surface area contributed by atoms with Crippen LogP contribution in [0.1, 0.15) is 10.4 Å². The number of hydrogen-bond acceptors (Lipinski definition) is 8. The van der Waals surface area contributed by atoms with E-state index in [1.54, 1.807) is 6.07 Å². The van der Waals surface area contributed by atoms with Gasteiger partial charge in [0, 0.05) is 37.9 Å². The first-order valence-corrected chi connectivity index (χ1v) is 13.5. The van der Waals surface area contributed by atoms with E-state index in [9.17, 15) is 26.7 Å². The fourth-order valence-electron chi connectivity index (χ4n) is 3.66. The third-order valence-corrected chi connectivity index (χ3v) is 7.64. The number of hydrogen-bond donors (Lipinski definition) is 3. The number of carboxylic acid groups (broad SMARTS) is 1. The van der Waals surface area contributed by atoms with Crippen LogP contribution >= 0.6 is 21.4 Å². The summed E-state index contributed by atoms with van der Waals surface area (Å²) >= 11 is 0. The Bertz CT molecular complexity index is 1730. The lowest BCUT2D eigenvalue weighted by atomic mass is 9.90. The molecule has 1 aliphatic carbocycles. The van der Waals surface area contributed by atoms with Gasteiger partial charge in [0.05, 0.1) is 16.6 Å². The second kappa shape index (κ2) is 7.73. The largest absolute Gasteiger partial charge is 0.478 e. The molecule has 1 aliphatic heterocycles. The van der Waals surface area contributed by atoms with Gasteiger partial charge in [-0.2, -0.15) is 0 Å². The summed E-state index contributed by atoms with van der Waals surface area (Å²) < 4.78 is 55.0. The van der Waals surface area contributed by atoms with Crippen molar-refractivity contribution < 1.29 is 31.2 Å². The molecule has 1 heterocycles. The molecule has 2 aliphatic rings. The zero-order chi connectivity index (χ0) is 24.3. The highest BCUT2D eigenvalue weighted by molar-refractivity contribution is 8.14. The molecule has 0 amide bonds. The van der Waals surface area contributed by atoms with Crippen LogP contribution in [-0.2, 0) is 18.1 Å². The summed E-state index contributed by atoms with van der Waals surface area (Å²) in [6.45, 7) is 0. The van der Waals surface area contributed by atoms with Crippen LogP contribution < -0.4 is 11.1 Å². The summed E-state index contributed by atoms with van der Waals surface area (Å²) in [5.74, 6) is -1.73. The molecule has 0 saturated carbocycles. The standard InChI is InChI=1S/C20H12Cl2N2O7S2/c21-32(27,28)18-13(23)7-5-11-15(9-3-1-2-4-10(9)20(25)26)12-6-8-14(24)19(33(22,29)30)17(12)31-16(11)18/h1-8,23H,24H2,(H,25,26). The smallest absolute Gasteiger partial charge is 0.336 e. The summed E-state index contributed by atoms with van der Waals surface area (Å²) in [6.07, 6.45) is 0. The predicted molar refractivity (Wildman–Crippen MR) is 122 cm³/mol. The van der Waals surface area contributed by atoms with Crippen molar-refractivity contribution >= 4 is 62.1 Å². The van der Waals surface area contributed by atoms with E-state index in [-0.39, 0.29) is 33.3 Å². The van der Waals surface area contributed by atoms with Gasteiger partial charge in [-0.1, -0.05) is 18.2 Å². The minimum absolute atomic E-state index is 0.0779. The molecule has 0 unspecified atom stereocenters. The fraction of sp³-hybridized carbons (Fsp3) is 0. The zero-order valence-electron chi connectivity index (χ0n) is 16.2.